The van der Waals surface area contributed by atoms with Crippen molar-refractivity contribution in [2.45, 2.75) is 38.8 Å². The second-order valence-electron chi connectivity index (χ2n) is 5.29. The zero-order chi connectivity index (χ0) is 14.2. The van der Waals surface area contributed by atoms with Gasteiger partial charge in [0.05, 0.1) is 6.10 Å². The van der Waals surface area contributed by atoms with Crippen molar-refractivity contribution >= 4 is 5.91 Å². The van der Waals surface area contributed by atoms with Crippen LogP contribution in [0.4, 0.5) is 0 Å². The summed E-state index contributed by atoms with van der Waals surface area (Å²) in [5.41, 5.74) is 2.56. The van der Waals surface area contributed by atoms with Crippen LogP contribution >= 0.6 is 0 Å². The van der Waals surface area contributed by atoms with Gasteiger partial charge in [-0.2, -0.15) is 0 Å². The molecular formula is C16H24N2O2. The topological polar surface area (TPSA) is 50.4 Å². The molecule has 1 heterocycles. The Hall–Kier alpha value is -1.39. The lowest BCUT2D eigenvalue weighted by molar-refractivity contribution is -0.121. The van der Waals surface area contributed by atoms with E-state index in [1.54, 1.807) is 0 Å². The Kier molecular flexibility index (Phi) is 6.02. The van der Waals surface area contributed by atoms with Gasteiger partial charge in [0.1, 0.15) is 0 Å². The van der Waals surface area contributed by atoms with Gasteiger partial charge >= 0.3 is 0 Å². The monoisotopic (exact) mass is 276 g/mol. The summed E-state index contributed by atoms with van der Waals surface area (Å²) in [6.45, 7) is 5.10. The van der Waals surface area contributed by atoms with Crippen molar-refractivity contribution in [1.29, 1.82) is 0 Å². The smallest absolute Gasteiger partial charge is 0.221 e. The first-order valence-corrected chi connectivity index (χ1v) is 7.39. The molecule has 1 fully saturated rings. The van der Waals surface area contributed by atoms with E-state index in [1.807, 2.05) is 12.1 Å². The third-order valence-corrected chi connectivity index (χ3v) is 3.66. The summed E-state index contributed by atoms with van der Waals surface area (Å²) in [6.07, 6.45) is 2.90. The number of rotatable bonds is 7. The number of benzene rings is 1. The second-order valence-corrected chi connectivity index (χ2v) is 5.29. The summed E-state index contributed by atoms with van der Waals surface area (Å²) >= 11 is 0. The number of amides is 1. The second kappa shape index (κ2) is 8.02. The third kappa shape index (κ3) is 4.94. The van der Waals surface area contributed by atoms with Crippen molar-refractivity contribution in [3.63, 3.8) is 0 Å². The first-order chi connectivity index (χ1) is 9.75. The molecule has 4 heteroatoms. The summed E-state index contributed by atoms with van der Waals surface area (Å²) in [4.78, 5) is 11.7. The van der Waals surface area contributed by atoms with Gasteiger partial charge in [-0.3, -0.25) is 4.79 Å². The molecule has 2 N–H and O–H groups in total. The van der Waals surface area contributed by atoms with Crippen molar-refractivity contribution in [1.82, 2.24) is 10.6 Å². The van der Waals surface area contributed by atoms with Crippen LogP contribution in [0.1, 0.15) is 30.4 Å². The van der Waals surface area contributed by atoms with Crippen LogP contribution in [-0.4, -0.2) is 31.7 Å². The van der Waals surface area contributed by atoms with Crippen molar-refractivity contribution in [3.8, 4) is 0 Å². The molecule has 4 nitrogen and oxygen atoms in total. The molecule has 0 spiro atoms. The fourth-order valence-electron chi connectivity index (χ4n) is 2.35. The van der Waals surface area contributed by atoms with Gasteiger partial charge in [0.15, 0.2) is 0 Å². The van der Waals surface area contributed by atoms with Gasteiger partial charge in [-0.05, 0) is 30.9 Å². The van der Waals surface area contributed by atoms with Crippen molar-refractivity contribution in [2.24, 2.45) is 0 Å². The van der Waals surface area contributed by atoms with Crippen LogP contribution in [0.2, 0.25) is 0 Å². The van der Waals surface area contributed by atoms with Crippen LogP contribution in [-0.2, 0) is 16.1 Å². The molecule has 1 saturated heterocycles. The molecule has 0 aliphatic carbocycles. The molecule has 0 saturated carbocycles. The Bertz CT molecular complexity index is 428. The predicted molar refractivity (Wildman–Crippen MR) is 79.5 cm³/mol. The maximum absolute atomic E-state index is 11.7. The molecule has 110 valence electrons. The summed E-state index contributed by atoms with van der Waals surface area (Å²) in [7, 11) is 0. The van der Waals surface area contributed by atoms with E-state index in [9.17, 15) is 4.79 Å². The average molecular weight is 276 g/mol. The van der Waals surface area contributed by atoms with Crippen LogP contribution in [0.5, 0.6) is 0 Å². The Balaban J connectivity index is 1.56. The van der Waals surface area contributed by atoms with E-state index in [2.05, 4.69) is 29.7 Å². The molecule has 1 aromatic carbocycles. The first-order valence-electron chi connectivity index (χ1n) is 7.39. The zero-order valence-corrected chi connectivity index (χ0v) is 12.2. The molecular weight excluding hydrogens is 252 g/mol. The van der Waals surface area contributed by atoms with E-state index in [4.69, 9.17) is 4.74 Å². The van der Waals surface area contributed by atoms with Gasteiger partial charge < -0.3 is 15.4 Å². The van der Waals surface area contributed by atoms with Gasteiger partial charge in [0, 0.05) is 32.7 Å². The number of carbonyl (C=O) groups excluding carboxylic acids is 1. The van der Waals surface area contributed by atoms with Crippen LogP contribution in [0.25, 0.3) is 0 Å². The maximum atomic E-state index is 11.7. The largest absolute Gasteiger partial charge is 0.376 e. The van der Waals surface area contributed by atoms with Gasteiger partial charge in [-0.1, -0.05) is 24.3 Å². The SMILES string of the molecule is Cc1ccccc1CNCCC(=O)NCC1CCCO1. The highest BCUT2D eigenvalue weighted by Gasteiger charge is 2.15. The van der Waals surface area contributed by atoms with E-state index in [0.29, 0.717) is 19.5 Å². The molecule has 1 aliphatic heterocycles. The maximum Gasteiger partial charge on any atom is 0.221 e. The summed E-state index contributed by atoms with van der Waals surface area (Å²) in [5.74, 6) is 0.0952. The van der Waals surface area contributed by atoms with Crippen molar-refractivity contribution in [2.75, 3.05) is 19.7 Å². The number of aryl methyl sites for hydroxylation is 1. The normalized spacial score (nSPS) is 18.1. The summed E-state index contributed by atoms with van der Waals surface area (Å²) < 4.78 is 5.47. The fraction of sp³-hybridized carbons (Fsp3) is 0.562. The number of carbonyl (C=O) groups is 1. The van der Waals surface area contributed by atoms with Crippen molar-refractivity contribution in [3.05, 3.63) is 35.4 Å². The quantitative estimate of drug-likeness (QED) is 0.746. The highest BCUT2D eigenvalue weighted by atomic mass is 16.5. The number of ether oxygens (including phenoxy) is 1. The minimum Gasteiger partial charge on any atom is -0.376 e. The third-order valence-electron chi connectivity index (χ3n) is 3.66. The van der Waals surface area contributed by atoms with E-state index in [-0.39, 0.29) is 12.0 Å². The molecule has 0 bridgehead atoms. The molecule has 2 rings (SSSR count). The molecule has 1 aromatic rings. The zero-order valence-electron chi connectivity index (χ0n) is 12.2. The van der Waals surface area contributed by atoms with E-state index < -0.39 is 0 Å². The molecule has 1 unspecified atom stereocenters. The molecule has 1 aliphatic rings. The standard InChI is InChI=1S/C16H24N2O2/c1-13-5-2-3-6-14(13)11-17-9-8-16(19)18-12-15-7-4-10-20-15/h2-3,5-6,15,17H,4,7-12H2,1H3,(H,18,19). The number of nitrogens with one attached hydrogen (secondary N) is 2. The van der Waals surface area contributed by atoms with Crippen molar-refractivity contribution < 1.29 is 9.53 Å². The fourth-order valence-corrected chi connectivity index (χ4v) is 2.35. The molecule has 20 heavy (non-hydrogen) atoms. The Morgan fingerprint density at radius 2 is 2.25 bits per heavy atom. The van der Waals surface area contributed by atoms with E-state index in [1.165, 1.54) is 11.1 Å². The lowest BCUT2D eigenvalue weighted by Crippen LogP contribution is -2.33. The van der Waals surface area contributed by atoms with Gasteiger partial charge in [-0.15, -0.1) is 0 Å². The van der Waals surface area contributed by atoms with Crippen LogP contribution in [0, 0.1) is 6.92 Å². The Labute approximate surface area is 120 Å². The van der Waals surface area contributed by atoms with Gasteiger partial charge in [-0.25, -0.2) is 0 Å². The Morgan fingerprint density at radius 1 is 1.40 bits per heavy atom. The number of hydrogen-bond donors (Lipinski definition) is 2. The minimum atomic E-state index is 0.0952. The lowest BCUT2D eigenvalue weighted by Gasteiger charge is -2.11. The van der Waals surface area contributed by atoms with E-state index >= 15 is 0 Å². The molecule has 1 atom stereocenters. The Morgan fingerprint density at radius 3 is 3.00 bits per heavy atom. The first kappa shape index (κ1) is 15.0. The van der Waals surface area contributed by atoms with Crippen LogP contribution < -0.4 is 10.6 Å². The van der Waals surface area contributed by atoms with Crippen LogP contribution in [0.3, 0.4) is 0 Å². The predicted octanol–water partition coefficient (Wildman–Crippen LogP) is 1.77. The molecule has 0 radical (unpaired) electrons. The minimum absolute atomic E-state index is 0.0952. The summed E-state index contributed by atoms with van der Waals surface area (Å²) in [5, 5.41) is 6.24. The lowest BCUT2D eigenvalue weighted by atomic mass is 10.1. The summed E-state index contributed by atoms with van der Waals surface area (Å²) in [6, 6.07) is 8.29. The van der Waals surface area contributed by atoms with Gasteiger partial charge in [0.25, 0.3) is 0 Å². The van der Waals surface area contributed by atoms with Gasteiger partial charge in [0.2, 0.25) is 5.91 Å². The highest BCUT2D eigenvalue weighted by molar-refractivity contribution is 5.76. The van der Waals surface area contributed by atoms with Crippen LogP contribution in [0.15, 0.2) is 24.3 Å². The average Bonchev–Trinajstić information content (AvgIpc) is 2.96. The molecule has 0 aromatic heterocycles. The van der Waals surface area contributed by atoms with E-state index in [0.717, 1.165) is 26.0 Å². The number of hydrogen-bond acceptors (Lipinski definition) is 3. The molecule has 1 amide bonds. The highest BCUT2D eigenvalue weighted by Crippen LogP contribution is 2.10.